The van der Waals surface area contributed by atoms with E-state index in [4.69, 9.17) is 9.72 Å². The molecule has 8 nitrogen and oxygen atoms in total. The fourth-order valence-electron chi connectivity index (χ4n) is 3.38. The Bertz CT molecular complexity index is 1300. The summed E-state index contributed by atoms with van der Waals surface area (Å²) in [6.45, 7) is 0.233. The van der Waals surface area contributed by atoms with Gasteiger partial charge in [-0.3, -0.25) is 10.1 Å². The van der Waals surface area contributed by atoms with Crippen LogP contribution in [0.2, 0.25) is 0 Å². The lowest BCUT2D eigenvalue weighted by atomic mass is 10.1. The predicted octanol–water partition coefficient (Wildman–Crippen LogP) is 5.06. The summed E-state index contributed by atoms with van der Waals surface area (Å²) in [5.41, 5.74) is 4.21. The second-order valence-corrected chi connectivity index (χ2v) is 8.33. The van der Waals surface area contributed by atoms with Crippen LogP contribution in [0.4, 0.5) is 5.95 Å². The molecular formula is C25H20N6O2S. The summed E-state index contributed by atoms with van der Waals surface area (Å²) in [6, 6.07) is 28.3. The van der Waals surface area contributed by atoms with Gasteiger partial charge in [0.25, 0.3) is 5.95 Å². The average molecular weight is 469 g/mol. The van der Waals surface area contributed by atoms with Crippen molar-refractivity contribution in [1.82, 2.24) is 25.6 Å². The van der Waals surface area contributed by atoms with Crippen LogP contribution in [0, 0.1) is 0 Å². The number of carbonyl (C=O) groups excluding carboxylic acids is 1. The second kappa shape index (κ2) is 10.1. The molecule has 0 radical (unpaired) electrons. The van der Waals surface area contributed by atoms with E-state index in [1.165, 1.54) is 0 Å². The van der Waals surface area contributed by atoms with E-state index in [-0.39, 0.29) is 24.9 Å². The molecule has 0 bridgehead atoms. The molecule has 0 aliphatic heterocycles. The highest BCUT2D eigenvalue weighted by atomic mass is 32.1. The molecule has 2 aromatic heterocycles. The third-order valence-corrected chi connectivity index (χ3v) is 6.16. The quantitative estimate of drug-likeness (QED) is 0.330. The molecule has 5 aromatic rings. The van der Waals surface area contributed by atoms with Crippen LogP contribution >= 0.6 is 11.3 Å². The van der Waals surface area contributed by atoms with Gasteiger partial charge in [0, 0.05) is 11.1 Å². The number of aromatic nitrogens is 5. The number of H-pyrrole nitrogens is 1. The van der Waals surface area contributed by atoms with Crippen LogP contribution < -0.4 is 10.1 Å². The van der Waals surface area contributed by atoms with Gasteiger partial charge in [-0.25, -0.2) is 4.98 Å². The first-order chi connectivity index (χ1) is 16.8. The van der Waals surface area contributed by atoms with E-state index >= 15 is 0 Å². The Morgan fingerprint density at radius 1 is 0.882 bits per heavy atom. The molecular weight excluding hydrogens is 448 g/mol. The molecule has 0 aliphatic rings. The second-order valence-electron chi connectivity index (χ2n) is 7.34. The van der Waals surface area contributed by atoms with Gasteiger partial charge in [0.1, 0.15) is 10.8 Å². The van der Waals surface area contributed by atoms with Crippen LogP contribution in [0.5, 0.6) is 5.75 Å². The van der Waals surface area contributed by atoms with E-state index in [0.717, 1.165) is 32.3 Å². The van der Waals surface area contributed by atoms with Crippen molar-refractivity contribution < 1.29 is 9.53 Å². The van der Waals surface area contributed by atoms with E-state index in [9.17, 15) is 4.79 Å². The lowest BCUT2D eigenvalue weighted by molar-refractivity contribution is -0.116. The SMILES string of the molecule is O=C(CCOc1ccc(-c2nc(-c3ccccc3)c(-c3ccccc3)s2)cc1)Nc1nn[nH]n1. The van der Waals surface area contributed by atoms with Crippen LogP contribution in [0.15, 0.2) is 84.9 Å². The van der Waals surface area contributed by atoms with Gasteiger partial charge in [0.2, 0.25) is 5.91 Å². The monoisotopic (exact) mass is 468 g/mol. The molecule has 0 unspecified atom stereocenters. The normalized spacial score (nSPS) is 10.7. The number of ether oxygens (including phenoxy) is 1. The first-order valence-corrected chi connectivity index (χ1v) is 11.5. The third-order valence-electron chi connectivity index (χ3n) is 5.01. The summed E-state index contributed by atoms with van der Waals surface area (Å²) < 4.78 is 5.71. The van der Waals surface area contributed by atoms with Crippen LogP contribution in [-0.2, 0) is 4.79 Å². The van der Waals surface area contributed by atoms with E-state index in [2.05, 4.69) is 50.2 Å². The van der Waals surface area contributed by atoms with Gasteiger partial charge in [-0.15, -0.1) is 16.4 Å². The van der Waals surface area contributed by atoms with Crippen molar-refractivity contribution in [3.05, 3.63) is 84.9 Å². The maximum absolute atomic E-state index is 11.9. The first kappa shape index (κ1) is 21.5. The maximum Gasteiger partial charge on any atom is 0.269 e. The number of tetrazole rings is 1. The highest BCUT2D eigenvalue weighted by Crippen LogP contribution is 2.40. The van der Waals surface area contributed by atoms with Gasteiger partial charge in [-0.05, 0) is 35.0 Å². The number of anilines is 1. The summed E-state index contributed by atoms with van der Waals surface area (Å²) >= 11 is 1.67. The number of benzene rings is 3. The lowest BCUT2D eigenvalue weighted by Gasteiger charge is -2.06. The van der Waals surface area contributed by atoms with Crippen LogP contribution in [0.1, 0.15) is 6.42 Å². The molecule has 2 heterocycles. The Morgan fingerprint density at radius 2 is 1.59 bits per heavy atom. The smallest absolute Gasteiger partial charge is 0.269 e. The minimum absolute atomic E-state index is 0.141. The summed E-state index contributed by atoms with van der Waals surface area (Å²) in [7, 11) is 0. The molecule has 0 saturated heterocycles. The van der Waals surface area contributed by atoms with Crippen molar-refractivity contribution in [2.45, 2.75) is 6.42 Å². The maximum atomic E-state index is 11.9. The molecule has 3 aromatic carbocycles. The molecule has 9 heteroatoms. The fourth-order valence-corrected chi connectivity index (χ4v) is 4.48. The number of carbonyl (C=O) groups is 1. The molecule has 0 saturated carbocycles. The molecule has 0 atom stereocenters. The Kier molecular flexibility index (Phi) is 6.35. The molecule has 2 N–H and O–H groups in total. The molecule has 0 aliphatic carbocycles. The summed E-state index contributed by atoms with van der Waals surface area (Å²) in [5.74, 6) is 0.574. The first-order valence-electron chi connectivity index (χ1n) is 10.6. The van der Waals surface area contributed by atoms with Crippen molar-refractivity contribution in [2.75, 3.05) is 11.9 Å². The zero-order chi connectivity index (χ0) is 23.2. The van der Waals surface area contributed by atoms with Crippen LogP contribution in [0.3, 0.4) is 0 Å². The van der Waals surface area contributed by atoms with Crippen molar-refractivity contribution in [1.29, 1.82) is 0 Å². The minimum Gasteiger partial charge on any atom is -0.493 e. The number of aromatic amines is 1. The minimum atomic E-state index is -0.248. The van der Waals surface area contributed by atoms with Gasteiger partial charge < -0.3 is 4.74 Å². The van der Waals surface area contributed by atoms with Gasteiger partial charge in [0.05, 0.1) is 23.6 Å². The highest BCUT2D eigenvalue weighted by molar-refractivity contribution is 7.19. The van der Waals surface area contributed by atoms with Gasteiger partial charge in [-0.2, -0.15) is 5.21 Å². The predicted molar refractivity (Wildman–Crippen MR) is 131 cm³/mol. The number of hydrogen-bond donors (Lipinski definition) is 2. The largest absolute Gasteiger partial charge is 0.493 e. The number of thiazole rings is 1. The highest BCUT2D eigenvalue weighted by Gasteiger charge is 2.16. The van der Waals surface area contributed by atoms with Gasteiger partial charge >= 0.3 is 0 Å². The molecule has 34 heavy (non-hydrogen) atoms. The summed E-state index contributed by atoms with van der Waals surface area (Å²) in [6.07, 6.45) is 0.170. The van der Waals surface area contributed by atoms with E-state index in [0.29, 0.717) is 5.75 Å². The molecule has 0 spiro atoms. The van der Waals surface area contributed by atoms with E-state index < -0.39 is 0 Å². The third kappa shape index (κ3) is 5.00. The molecule has 5 rings (SSSR count). The Labute approximate surface area is 199 Å². The summed E-state index contributed by atoms with van der Waals surface area (Å²) in [5, 5.41) is 16.5. The average Bonchev–Trinajstić information content (AvgIpc) is 3.56. The summed E-state index contributed by atoms with van der Waals surface area (Å²) in [4.78, 5) is 18.0. The molecule has 0 fully saturated rings. The molecule has 1 amide bonds. The Morgan fingerprint density at radius 3 is 2.26 bits per heavy atom. The number of nitrogens with zero attached hydrogens (tertiary/aromatic N) is 4. The number of hydrogen-bond acceptors (Lipinski definition) is 7. The molecule has 168 valence electrons. The standard InChI is InChI=1S/C25H20N6O2S/c32-21(26-25-28-30-31-29-25)15-16-33-20-13-11-19(12-14-20)24-27-22(17-7-3-1-4-8-17)23(34-24)18-9-5-2-6-10-18/h1-14H,15-16H2,(H2,26,28,29,30,31,32). The van der Waals surface area contributed by atoms with E-state index in [1.54, 1.807) is 11.3 Å². The van der Waals surface area contributed by atoms with Crippen molar-refractivity contribution in [3.63, 3.8) is 0 Å². The van der Waals surface area contributed by atoms with Crippen LogP contribution in [-0.4, -0.2) is 38.1 Å². The Balaban J connectivity index is 1.30. The lowest BCUT2D eigenvalue weighted by Crippen LogP contribution is -2.16. The number of nitrogens with one attached hydrogen (secondary N) is 2. The zero-order valence-corrected chi connectivity index (χ0v) is 18.8. The number of rotatable bonds is 8. The van der Waals surface area contributed by atoms with Crippen molar-refractivity contribution in [3.8, 4) is 38.0 Å². The van der Waals surface area contributed by atoms with Crippen molar-refractivity contribution >= 4 is 23.2 Å². The van der Waals surface area contributed by atoms with E-state index in [1.807, 2.05) is 60.7 Å². The topological polar surface area (TPSA) is 106 Å². The Hall–Kier alpha value is -4.37. The zero-order valence-electron chi connectivity index (χ0n) is 18.0. The van der Waals surface area contributed by atoms with Crippen LogP contribution in [0.25, 0.3) is 32.3 Å². The van der Waals surface area contributed by atoms with Gasteiger partial charge in [-0.1, -0.05) is 65.8 Å². The van der Waals surface area contributed by atoms with Gasteiger partial charge in [0.15, 0.2) is 0 Å². The van der Waals surface area contributed by atoms with Crippen molar-refractivity contribution in [2.24, 2.45) is 0 Å². The number of amides is 1. The fraction of sp³-hybridized carbons (Fsp3) is 0.0800.